The molecule has 24 heavy (non-hydrogen) atoms. The maximum absolute atomic E-state index is 12.2. The molecule has 116 valence electrons. The van der Waals surface area contributed by atoms with Crippen molar-refractivity contribution >= 4 is 27.6 Å². The van der Waals surface area contributed by atoms with Gasteiger partial charge in [0, 0.05) is 16.3 Å². The molecule has 0 spiro atoms. The van der Waals surface area contributed by atoms with E-state index in [-0.39, 0.29) is 5.97 Å². The quantitative estimate of drug-likeness (QED) is 0.392. The molecule has 0 saturated heterocycles. The standard InChI is InChI=1S/C21H15NO2/c1-24-21(23)18-12-5-4-11-17(18)20-16-10-3-2-8-14(16)15-9-6-7-13-19(15)22-20/h2-13H,1H3. The number of esters is 1. The summed E-state index contributed by atoms with van der Waals surface area (Å²) in [5, 5.41) is 3.25. The van der Waals surface area contributed by atoms with Crippen LogP contribution >= 0.6 is 0 Å². The van der Waals surface area contributed by atoms with Crippen molar-refractivity contribution in [3.05, 3.63) is 78.4 Å². The lowest BCUT2D eigenvalue weighted by Gasteiger charge is -2.12. The Bertz CT molecular complexity index is 1070. The normalized spacial score (nSPS) is 10.9. The highest BCUT2D eigenvalue weighted by molar-refractivity contribution is 6.12. The Hall–Kier alpha value is -3.20. The second kappa shape index (κ2) is 5.78. The average molecular weight is 313 g/mol. The van der Waals surface area contributed by atoms with E-state index < -0.39 is 0 Å². The predicted octanol–water partition coefficient (Wildman–Crippen LogP) is 4.84. The zero-order valence-corrected chi connectivity index (χ0v) is 13.2. The largest absolute Gasteiger partial charge is 0.465 e. The van der Waals surface area contributed by atoms with Crippen molar-refractivity contribution in [3.63, 3.8) is 0 Å². The number of rotatable bonds is 2. The number of pyridine rings is 1. The van der Waals surface area contributed by atoms with Gasteiger partial charge in [0.2, 0.25) is 0 Å². The SMILES string of the molecule is COC(=O)c1ccccc1-c1nc2ccccc2c2ccccc12. The van der Waals surface area contributed by atoms with Crippen LogP contribution in [0.4, 0.5) is 0 Å². The van der Waals surface area contributed by atoms with E-state index in [1.807, 2.05) is 54.6 Å². The number of benzene rings is 3. The van der Waals surface area contributed by atoms with E-state index in [1.54, 1.807) is 6.07 Å². The van der Waals surface area contributed by atoms with Gasteiger partial charge in [-0.2, -0.15) is 0 Å². The van der Waals surface area contributed by atoms with Crippen LogP contribution in [0.25, 0.3) is 32.9 Å². The number of para-hydroxylation sites is 1. The van der Waals surface area contributed by atoms with E-state index in [2.05, 4.69) is 12.1 Å². The molecule has 1 aromatic heterocycles. The molecule has 0 aliphatic rings. The van der Waals surface area contributed by atoms with Gasteiger partial charge in [-0.05, 0) is 17.5 Å². The van der Waals surface area contributed by atoms with Crippen LogP contribution in [0.2, 0.25) is 0 Å². The molecule has 0 aliphatic carbocycles. The van der Waals surface area contributed by atoms with E-state index in [1.165, 1.54) is 7.11 Å². The summed E-state index contributed by atoms with van der Waals surface area (Å²) in [6.45, 7) is 0. The first-order valence-electron chi connectivity index (χ1n) is 7.75. The van der Waals surface area contributed by atoms with Crippen LogP contribution in [0.3, 0.4) is 0 Å². The minimum atomic E-state index is -0.357. The summed E-state index contributed by atoms with van der Waals surface area (Å²) >= 11 is 0. The number of nitrogens with zero attached hydrogens (tertiary/aromatic N) is 1. The van der Waals surface area contributed by atoms with Crippen LogP contribution in [-0.2, 0) is 4.74 Å². The molecule has 0 radical (unpaired) electrons. The maximum Gasteiger partial charge on any atom is 0.338 e. The van der Waals surface area contributed by atoms with Crippen LogP contribution in [0.1, 0.15) is 10.4 Å². The highest BCUT2D eigenvalue weighted by Gasteiger charge is 2.17. The predicted molar refractivity (Wildman–Crippen MR) is 96.0 cm³/mol. The number of aromatic nitrogens is 1. The fourth-order valence-corrected chi connectivity index (χ4v) is 3.09. The van der Waals surface area contributed by atoms with Crippen molar-refractivity contribution in [1.29, 1.82) is 0 Å². The molecule has 0 fully saturated rings. The fourth-order valence-electron chi connectivity index (χ4n) is 3.09. The zero-order chi connectivity index (χ0) is 16.5. The Kier molecular flexibility index (Phi) is 3.47. The topological polar surface area (TPSA) is 39.2 Å². The van der Waals surface area contributed by atoms with Crippen molar-refractivity contribution < 1.29 is 9.53 Å². The van der Waals surface area contributed by atoms with Crippen LogP contribution in [-0.4, -0.2) is 18.1 Å². The summed E-state index contributed by atoms with van der Waals surface area (Å²) in [4.78, 5) is 17.0. The Morgan fingerprint density at radius 3 is 2.21 bits per heavy atom. The van der Waals surface area contributed by atoms with Crippen LogP contribution in [0.15, 0.2) is 72.8 Å². The van der Waals surface area contributed by atoms with Gasteiger partial charge >= 0.3 is 5.97 Å². The van der Waals surface area contributed by atoms with Gasteiger partial charge in [0.25, 0.3) is 0 Å². The van der Waals surface area contributed by atoms with E-state index >= 15 is 0 Å². The van der Waals surface area contributed by atoms with Crippen molar-refractivity contribution in [2.75, 3.05) is 7.11 Å². The highest BCUT2D eigenvalue weighted by Crippen LogP contribution is 2.33. The second-order valence-electron chi connectivity index (χ2n) is 5.56. The maximum atomic E-state index is 12.2. The summed E-state index contributed by atoms with van der Waals surface area (Å²) in [5.41, 5.74) is 3.01. The molecule has 3 aromatic carbocycles. The molecule has 4 rings (SSSR count). The smallest absolute Gasteiger partial charge is 0.338 e. The molecule has 0 N–H and O–H groups in total. The summed E-state index contributed by atoms with van der Waals surface area (Å²) in [6.07, 6.45) is 0. The first-order valence-corrected chi connectivity index (χ1v) is 7.75. The molecule has 0 bridgehead atoms. The Labute approximate surface area is 139 Å². The summed E-state index contributed by atoms with van der Waals surface area (Å²) in [7, 11) is 1.39. The summed E-state index contributed by atoms with van der Waals surface area (Å²) < 4.78 is 4.93. The van der Waals surface area contributed by atoms with Gasteiger partial charge in [-0.25, -0.2) is 9.78 Å². The van der Waals surface area contributed by atoms with Crippen LogP contribution in [0, 0.1) is 0 Å². The first kappa shape index (κ1) is 14.4. The molecular weight excluding hydrogens is 298 g/mol. The number of hydrogen-bond acceptors (Lipinski definition) is 3. The molecule has 0 unspecified atom stereocenters. The van der Waals surface area contributed by atoms with E-state index in [0.717, 1.165) is 32.9 Å². The first-order chi connectivity index (χ1) is 11.8. The van der Waals surface area contributed by atoms with Crippen LogP contribution < -0.4 is 0 Å². The minimum absolute atomic E-state index is 0.357. The van der Waals surface area contributed by atoms with Crippen molar-refractivity contribution in [2.24, 2.45) is 0 Å². The average Bonchev–Trinajstić information content (AvgIpc) is 2.67. The third-order valence-electron chi connectivity index (χ3n) is 4.20. The van der Waals surface area contributed by atoms with Crippen LogP contribution in [0.5, 0.6) is 0 Å². The van der Waals surface area contributed by atoms with Gasteiger partial charge in [-0.1, -0.05) is 60.7 Å². The number of fused-ring (bicyclic) bond motifs is 3. The Morgan fingerprint density at radius 1 is 0.792 bits per heavy atom. The van der Waals surface area contributed by atoms with Gasteiger partial charge in [-0.15, -0.1) is 0 Å². The highest BCUT2D eigenvalue weighted by atomic mass is 16.5. The Morgan fingerprint density at radius 2 is 1.42 bits per heavy atom. The molecule has 3 nitrogen and oxygen atoms in total. The zero-order valence-electron chi connectivity index (χ0n) is 13.2. The molecule has 0 saturated carbocycles. The third kappa shape index (κ3) is 2.22. The number of methoxy groups -OCH3 is 1. The second-order valence-corrected chi connectivity index (χ2v) is 5.56. The molecule has 0 aliphatic heterocycles. The molecule has 4 aromatic rings. The molecule has 0 atom stereocenters. The lowest BCUT2D eigenvalue weighted by atomic mass is 9.97. The summed E-state index contributed by atoms with van der Waals surface area (Å²) in [6, 6.07) is 23.6. The van der Waals surface area contributed by atoms with Gasteiger partial charge in [0.05, 0.1) is 23.9 Å². The van der Waals surface area contributed by atoms with Gasteiger partial charge in [0.1, 0.15) is 0 Å². The number of ether oxygens (including phenoxy) is 1. The molecule has 0 amide bonds. The fraction of sp³-hybridized carbons (Fsp3) is 0.0476. The van der Waals surface area contributed by atoms with Gasteiger partial charge < -0.3 is 4.74 Å². The minimum Gasteiger partial charge on any atom is -0.465 e. The molecule has 3 heteroatoms. The molecule has 1 heterocycles. The van der Waals surface area contributed by atoms with Gasteiger partial charge in [0.15, 0.2) is 0 Å². The molecular formula is C21H15NO2. The number of carbonyl (C=O) groups is 1. The van der Waals surface area contributed by atoms with Crippen molar-refractivity contribution in [2.45, 2.75) is 0 Å². The lowest BCUT2D eigenvalue weighted by Crippen LogP contribution is -2.04. The van der Waals surface area contributed by atoms with Crippen molar-refractivity contribution in [3.8, 4) is 11.3 Å². The third-order valence-corrected chi connectivity index (χ3v) is 4.20. The summed E-state index contributed by atoms with van der Waals surface area (Å²) in [5.74, 6) is -0.357. The lowest BCUT2D eigenvalue weighted by molar-refractivity contribution is 0.0601. The van der Waals surface area contributed by atoms with Crippen molar-refractivity contribution in [1.82, 2.24) is 4.98 Å². The van der Waals surface area contributed by atoms with E-state index in [4.69, 9.17) is 9.72 Å². The Balaban J connectivity index is 2.12. The van der Waals surface area contributed by atoms with E-state index in [0.29, 0.717) is 5.56 Å². The number of hydrogen-bond donors (Lipinski definition) is 0. The monoisotopic (exact) mass is 313 g/mol. The van der Waals surface area contributed by atoms with Gasteiger partial charge in [-0.3, -0.25) is 0 Å². The number of carbonyl (C=O) groups excluding carboxylic acids is 1. The van der Waals surface area contributed by atoms with E-state index in [9.17, 15) is 4.79 Å².